The first-order valence-electron chi connectivity index (χ1n) is 11.9. The molecule has 7 N–H and O–H groups in total. The molecule has 2 rings (SSSR count). The van der Waals surface area contributed by atoms with E-state index in [1.807, 2.05) is 30.3 Å². The molecular weight excluding hydrogens is 512 g/mol. The van der Waals surface area contributed by atoms with Crippen LogP contribution in [0.5, 0.6) is 0 Å². The molecule has 0 saturated carbocycles. The lowest BCUT2D eigenvalue weighted by Gasteiger charge is -2.25. The average Bonchev–Trinajstić information content (AvgIpc) is 2.89. The minimum absolute atomic E-state index is 0.0676. The first-order chi connectivity index (χ1) is 18.1. The van der Waals surface area contributed by atoms with E-state index in [0.717, 1.165) is 11.1 Å². The Morgan fingerprint density at radius 2 is 1.18 bits per heavy atom. The lowest BCUT2D eigenvalue weighted by atomic mass is 10.0. The molecule has 0 spiro atoms. The maximum Gasteiger partial charge on any atom is 0.327 e. The number of amides is 3. The fraction of sp³-hybridized carbons (Fsp3) is 0.346. The van der Waals surface area contributed by atoms with Crippen LogP contribution < -0.4 is 21.7 Å². The number of carbonyl (C=O) groups is 5. The molecule has 11 nitrogen and oxygen atoms in total. The smallest absolute Gasteiger partial charge is 0.327 e. The third kappa shape index (κ3) is 10.2. The van der Waals surface area contributed by atoms with Gasteiger partial charge in [-0.1, -0.05) is 60.7 Å². The molecule has 38 heavy (non-hydrogen) atoms. The van der Waals surface area contributed by atoms with Crippen molar-refractivity contribution in [1.82, 2.24) is 16.0 Å². The summed E-state index contributed by atoms with van der Waals surface area (Å²) in [6.07, 6.45) is -0.464. The van der Waals surface area contributed by atoms with E-state index in [2.05, 4.69) is 28.6 Å². The molecule has 0 fully saturated rings. The summed E-state index contributed by atoms with van der Waals surface area (Å²) in [5.74, 6) is -4.98. The Bertz CT molecular complexity index is 1100. The second-order valence-corrected chi connectivity index (χ2v) is 8.99. The van der Waals surface area contributed by atoms with Crippen molar-refractivity contribution in [3.8, 4) is 0 Å². The van der Waals surface area contributed by atoms with Crippen molar-refractivity contribution in [2.24, 2.45) is 5.73 Å². The Hall–Kier alpha value is -3.90. The van der Waals surface area contributed by atoms with Crippen LogP contribution in [-0.2, 0) is 36.8 Å². The van der Waals surface area contributed by atoms with Crippen LogP contribution in [0, 0.1) is 0 Å². The zero-order valence-electron chi connectivity index (χ0n) is 20.6. The highest BCUT2D eigenvalue weighted by Gasteiger charge is 2.30. The fourth-order valence-corrected chi connectivity index (χ4v) is 3.81. The number of rotatable bonds is 15. The summed E-state index contributed by atoms with van der Waals surface area (Å²) in [4.78, 5) is 61.4. The summed E-state index contributed by atoms with van der Waals surface area (Å²) >= 11 is 3.90. The molecule has 0 radical (unpaired) electrons. The van der Waals surface area contributed by atoms with E-state index in [1.54, 1.807) is 30.3 Å². The first kappa shape index (κ1) is 30.3. The van der Waals surface area contributed by atoms with Gasteiger partial charge in [-0.2, -0.15) is 12.6 Å². The number of carboxylic acid groups (broad SMARTS) is 2. The SMILES string of the molecule is NC(Cc1ccccc1)C(=O)NC(Cc1ccccc1)C(=O)NC(CCC(=O)O)C(=O)NC(CS)C(=O)O. The number of benzene rings is 2. The van der Waals surface area contributed by atoms with Gasteiger partial charge in [-0.15, -0.1) is 0 Å². The lowest BCUT2D eigenvalue weighted by Crippen LogP contribution is -2.58. The minimum Gasteiger partial charge on any atom is -0.481 e. The van der Waals surface area contributed by atoms with E-state index < -0.39 is 60.2 Å². The van der Waals surface area contributed by atoms with Gasteiger partial charge in [-0.25, -0.2) is 4.79 Å². The molecule has 0 aliphatic carbocycles. The van der Waals surface area contributed by atoms with Crippen molar-refractivity contribution in [1.29, 1.82) is 0 Å². The molecule has 0 heterocycles. The van der Waals surface area contributed by atoms with Crippen LogP contribution in [0.25, 0.3) is 0 Å². The maximum absolute atomic E-state index is 13.3. The number of carbonyl (C=O) groups excluding carboxylic acids is 3. The topological polar surface area (TPSA) is 188 Å². The van der Waals surface area contributed by atoms with Gasteiger partial charge in [0.2, 0.25) is 17.7 Å². The Kier molecular flexibility index (Phi) is 12.3. The summed E-state index contributed by atoms with van der Waals surface area (Å²) in [6.45, 7) is 0. The zero-order valence-corrected chi connectivity index (χ0v) is 21.5. The number of hydrogen-bond donors (Lipinski definition) is 7. The van der Waals surface area contributed by atoms with E-state index in [4.69, 9.17) is 10.8 Å². The van der Waals surface area contributed by atoms with Crippen molar-refractivity contribution in [3.63, 3.8) is 0 Å². The minimum atomic E-state index is -1.37. The molecule has 0 aliphatic rings. The maximum atomic E-state index is 13.3. The van der Waals surface area contributed by atoms with Crippen LogP contribution in [0.3, 0.4) is 0 Å². The molecule has 3 amide bonds. The Morgan fingerprint density at radius 3 is 1.68 bits per heavy atom. The van der Waals surface area contributed by atoms with Gasteiger partial charge in [-0.3, -0.25) is 19.2 Å². The molecule has 2 aromatic rings. The van der Waals surface area contributed by atoms with Gasteiger partial charge in [0.15, 0.2) is 0 Å². The number of nitrogens with two attached hydrogens (primary N) is 1. The molecule has 4 atom stereocenters. The summed E-state index contributed by atoms with van der Waals surface area (Å²) in [5.41, 5.74) is 7.64. The van der Waals surface area contributed by atoms with Crippen LogP contribution in [0.15, 0.2) is 60.7 Å². The number of carboxylic acids is 2. The van der Waals surface area contributed by atoms with Crippen LogP contribution >= 0.6 is 12.6 Å². The van der Waals surface area contributed by atoms with Gasteiger partial charge in [-0.05, 0) is 24.0 Å². The van der Waals surface area contributed by atoms with Crippen molar-refractivity contribution < 1.29 is 34.2 Å². The highest BCUT2D eigenvalue weighted by Crippen LogP contribution is 2.08. The molecule has 0 aliphatic heterocycles. The van der Waals surface area contributed by atoms with E-state index >= 15 is 0 Å². The first-order valence-corrected chi connectivity index (χ1v) is 12.5. The normalized spacial score (nSPS) is 13.8. The van der Waals surface area contributed by atoms with Gasteiger partial charge >= 0.3 is 11.9 Å². The molecular formula is C26H32N4O7S. The highest BCUT2D eigenvalue weighted by atomic mass is 32.1. The number of hydrogen-bond acceptors (Lipinski definition) is 7. The monoisotopic (exact) mass is 544 g/mol. The quantitative estimate of drug-likeness (QED) is 0.154. The predicted molar refractivity (Wildman–Crippen MR) is 142 cm³/mol. The molecule has 204 valence electrons. The Balaban J connectivity index is 2.21. The van der Waals surface area contributed by atoms with E-state index in [0.29, 0.717) is 0 Å². The third-order valence-electron chi connectivity index (χ3n) is 5.63. The predicted octanol–water partition coefficient (Wildman–Crippen LogP) is 0.133. The van der Waals surface area contributed by atoms with Crippen LogP contribution in [0.4, 0.5) is 0 Å². The van der Waals surface area contributed by atoms with Gasteiger partial charge in [0.1, 0.15) is 18.1 Å². The van der Waals surface area contributed by atoms with Crippen molar-refractivity contribution in [2.75, 3.05) is 5.75 Å². The van der Waals surface area contributed by atoms with E-state index in [9.17, 15) is 29.1 Å². The van der Waals surface area contributed by atoms with Crippen LogP contribution in [0.2, 0.25) is 0 Å². The zero-order chi connectivity index (χ0) is 28.1. The molecule has 2 aromatic carbocycles. The highest BCUT2D eigenvalue weighted by molar-refractivity contribution is 7.80. The second-order valence-electron chi connectivity index (χ2n) is 8.62. The van der Waals surface area contributed by atoms with Gasteiger partial charge in [0.05, 0.1) is 6.04 Å². The molecule has 12 heteroatoms. The Morgan fingerprint density at radius 1 is 0.711 bits per heavy atom. The number of nitrogens with one attached hydrogen (secondary N) is 3. The second kappa shape index (κ2) is 15.4. The Labute approximate surface area is 225 Å². The van der Waals surface area contributed by atoms with Crippen LogP contribution in [0.1, 0.15) is 24.0 Å². The molecule has 0 aromatic heterocycles. The largest absolute Gasteiger partial charge is 0.481 e. The summed E-state index contributed by atoms with van der Waals surface area (Å²) in [5, 5.41) is 25.6. The summed E-state index contributed by atoms with van der Waals surface area (Å²) in [6, 6.07) is 13.1. The molecule has 0 saturated heterocycles. The van der Waals surface area contributed by atoms with Crippen molar-refractivity contribution in [3.05, 3.63) is 71.8 Å². The van der Waals surface area contributed by atoms with Gasteiger partial charge in [0.25, 0.3) is 0 Å². The summed E-state index contributed by atoms with van der Waals surface area (Å²) in [7, 11) is 0. The van der Waals surface area contributed by atoms with Gasteiger partial charge < -0.3 is 31.9 Å². The third-order valence-corrected chi connectivity index (χ3v) is 5.99. The van der Waals surface area contributed by atoms with Crippen molar-refractivity contribution in [2.45, 2.75) is 49.9 Å². The lowest BCUT2D eigenvalue weighted by molar-refractivity contribution is -0.142. The molecule has 0 bridgehead atoms. The molecule has 4 unspecified atom stereocenters. The standard InChI is InChI=1S/C26H32N4O7S/c27-18(13-16-7-3-1-4-8-16)23(33)29-20(14-17-9-5-2-6-10-17)25(35)28-19(11-12-22(31)32)24(34)30-21(15-38)26(36)37/h1-10,18-21,38H,11-15,27H2,(H,28,35)(H,29,33)(H,30,34)(H,31,32)(H,36,37). The number of aliphatic carboxylic acids is 2. The summed E-state index contributed by atoms with van der Waals surface area (Å²) < 4.78 is 0. The van der Waals surface area contributed by atoms with E-state index in [1.165, 1.54) is 0 Å². The van der Waals surface area contributed by atoms with Crippen molar-refractivity contribution >= 4 is 42.3 Å². The number of thiol groups is 1. The van der Waals surface area contributed by atoms with Crippen LogP contribution in [-0.4, -0.2) is 69.8 Å². The van der Waals surface area contributed by atoms with Gasteiger partial charge in [0, 0.05) is 18.6 Å². The van der Waals surface area contributed by atoms with E-state index in [-0.39, 0.29) is 25.0 Å². The fourth-order valence-electron chi connectivity index (χ4n) is 3.57. The average molecular weight is 545 g/mol.